The maximum Gasteiger partial charge on any atom is 0.298 e. The smallest absolute Gasteiger partial charge is 0.298 e. The van der Waals surface area contributed by atoms with E-state index in [1.165, 1.54) is 25.4 Å². The van der Waals surface area contributed by atoms with E-state index in [9.17, 15) is 13.0 Å². The molecular formula is C12H12N6O4S. The molecule has 0 bridgehead atoms. The van der Waals surface area contributed by atoms with Gasteiger partial charge in [-0.15, -0.1) is 10.2 Å². The van der Waals surface area contributed by atoms with Gasteiger partial charge in [-0.3, -0.25) is 4.55 Å². The fourth-order valence-electron chi connectivity index (χ4n) is 1.75. The number of nitrogens with zero attached hydrogens (tertiary/aromatic N) is 4. The van der Waals surface area contributed by atoms with Crippen LogP contribution < -0.4 is 10.1 Å². The Balaban J connectivity index is 2.40. The zero-order valence-electron chi connectivity index (χ0n) is 12.1. The van der Waals surface area contributed by atoms with Crippen molar-refractivity contribution in [1.29, 1.82) is 5.26 Å². The SMILES string of the molecule is COc1cc(NC=C(C#N)c2nn[nH]n2)c(C)cc1S(=O)(=O)O. The van der Waals surface area contributed by atoms with Crippen LogP contribution in [0.5, 0.6) is 5.75 Å². The third kappa shape index (κ3) is 3.62. The molecule has 0 amide bonds. The van der Waals surface area contributed by atoms with Crippen LogP contribution in [-0.2, 0) is 10.1 Å². The van der Waals surface area contributed by atoms with Gasteiger partial charge in [0.05, 0.1) is 7.11 Å². The fourth-order valence-corrected chi connectivity index (χ4v) is 2.47. The molecule has 10 nitrogen and oxygen atoms in total. The van der Waals surface area contributed by atoms with Crippen molar-refractivity contribution in [2.75, 3.05) is 12.4 Å². The minimum Gasteiger partial charge on any atom is -0.495 e. The largest absolute Gasteiger partial charge is 0.495 e. The minimum atomic E-state index is -4.41. The first-order valence-corrected chi connectivity index (χ1v) is 7.57. The maximum absolute atomic E-state index is 11.3. The van der Waals surface area contributed by atoms with Gasteiger partial charge in [-0.1, -0.05) is 0 Å². The van der Waals surface area contributed by atoms with E-state index in [1.54, 1.807) is 6.92 Å². The van der Waals surface area contributed by atoms with Gasteiger partial charge in [0, 0.05) is 18.0 Å². The van der Waals surface area contributed by atoms with Gasteiger partial charge in [-0.2, -0.15) is 18.9 Å². The number of allylic oxidation sites excluding steroid dienone is 1. The second-order valence-corrected chi connectivity index (χ2v) is 5.73. The van der Waals surface area contributed by atoms with Crippen molar-refractivity contribution in [2.45, 2.75) is 11.8 Å². The second kappa shape index (κ2) is 6.42. The standard InChI is InChI=1S/C12H12N6O4S/c1-7-3-11(23(19,20)21)10(22-2)4-9(7)14-6-8(5-13)12-15-17-18-16-12/h3-4,6,14H,1-2H3,(H,19,20,21)(H,15,16,17,18). The summed E-state index contributed by atoms with van der Waals surface area (Å²) in [6, 6.07) is 4.55. The number of tetrazole rings is 1. The highest BCUT2D eigenvalue weighted by atomic mass is 32.2. The van der Waals surface area contributed by atoms with Crippen molar-refractivity contribution in [1.82, 2.24) is 20.6 Å². The number of methoxy groups -OCH3 is 1. The first kappa shape index (κ1) is 16.4. The molecule has 2 rings (SSSR count). The van der Waals surface area contributed by atoms with Crippen LogP contribution in [-0.4, -0.2) is 40.7 Å². The first-order valence-electron chi connectivity index (χ1n) is 6.13. The summed E-state index contributed by atoms with van der Waals surface area (Å²) in [5.74, 6) is 0.0752. The molecule has 0 saturated carbocycles. The predicted molar refractivity (Wildman–Crippen MR) is 78.9 cm³/mol. The van der Waals surface area contributed by atoms with Gasteiger partial charge in [-0.25, -0.2) is 0 Å². The average Bonchev–Trinajstić information content (AvgIpc) is 3.02. The number of aryl methyl sites for hydroxylation is 1. The molecule has 0 saturated heterocycles. The van der Waals surface area contributed by atoms with Gasteiger partial charge in [0.2, 0.25) is 5.82 Å². The second-order valence-electron chi connectivity index (χ2n) is 4.34. The molecule has 0 radical (unpaired) electrons. The number of nitrogens with one attached hydrogen (secondary N) is 2. The third-order valence-electron chi connectivity index (χ3n) is 2.87. The van der Waals surface area contributed by atoms with Crippen LogP contribution in [0.4, 0.5) is 5.69 Å². The average molecular weight is 336 g/mol. The number of rotatable bonds is 5. The molecule has 0 fully saturated rings. The molecular weight excluding hydrogens is 324 g/mol. The number of aromatic amines is 1. The van der Waals surface area contributed by atoms with Gasteiger partial charge in [0.15, 0.2) is 0 Å². The van der Waals surface area contributed by atoms with Crippen molar-refractivity contribution in [3.05, 3.63) is 29.7 Å². The highest BCUT2D eigenvalue weighted by Gasteiger charge is 2.18. The number of hydrogen-bond donors (Lipinski definition) is 3. The molecule has 2 aromatic rings. The molecule has 0 aliphatic heterocycles. The Bertz CT molecular complexity index is 883. The summed E-state index contributed by atoms with van der Waals surface area (Å²) >= 11 is 0. The number of benzene rings is 1. The van der Waals surface area contributed by atoms with Crippen molar-refractivity contribution >= 4 is 21.4 Å². The highest BCUT2D eigenvalue weighted by molar-refractivity contribution is 7.86. The molecule has 0 spiro atoms. The predicted octanol–water partition coefficient (Wildman–Crippen LogP) is 0.740. The van der Waals surface area contributed by atoms with E-state index in [-0.39, 0.29) is 22.0 Å². The van der Waals surface area contributed by atoms with Gasteiger partial charge in [0.25, 0.3) is 10.1 Å². The van der Waals surface area contributed by atoms with Crippen LogP contribution in [0.1, 0.15) is 11.4 Å². The summed E-state index contributed by atoms with van der Waals surface area (Å²) in [7, 11) is -3.13. The van der Waals surface area contributed by atoms with E-state index in [1.807, 2.05) is 6.07 Å². The van der Waals surface area contributed by atoms with Crippen LogP contribution in [0.3, 0.4) is 0 Å². The molecule has 1 aromatic carbocycles. The number of hydrogen-bond acceptors (Lipinski definition) is 8. The summed E-state index contributed by atoms with van der Waals surface area (Å²) in [6.07, 6.45) is 1.35. The van der Waals surface area contributed by atoms with E-state index in [0.717, 1.165) is 0 Å². The van der Waals surface area contributed by atoms with Crippen molar-refractivity contribution < 1.29 is 17.7 Å². The Morgan fingerprint density at radius 3 is 2.78 bits per heavy atom. The Morgan fingerprint density at radius 2 is 2.26 bits per heavy atom. The van der Waals surface area contributed by atoms with Crippen LogP contribution in [0.25, 0.3) is 5.57 Å². The lowest BCUT2D eigenvalue weighted by Crippen LogP contribution is -2.04. The van der Waals surface area contributed by atoms with Crippen LogP contribution in [0.15, 0.2) is 23.2 Å². The first-order chi connectivity index (χ1) is 10.9. The fraction of sp³-hybridized carbons (Fsp3) is 0.167. The molecule has 3 N–H and O–H groups in total. The van der Waals surface area contributed by atoms with E-state index in [2.05, 4.69) is 25.9 Å². The number of ether oxygens (including phenoxy) is 1. The molecule has 120 valence electrons. The minimum absolute atomic E-state index is 0.0351. The van der Waals surface area contributed by atoms with Gasteiger partial charge in [0.1, 0.15) is 22.3 Å². The summed E-state index contributed by atoms with van der Waals surface area (Å²) in [4.78, 5) is -0.342. The lowest BCUT2D eigenvalue weighted by atomic mass is 10.2. The van der Waals surface area contributed by atoms with E-state index in [0.29, 0.717) is 11.3 Å². The topological polar surface area (TPSA) is 154 Å². The molecule has 0 unspecified atom stereocenters. The van der Waals surface area contributed by atoms with Gasteiger partial charge < -0.3 is 10.1 Å². The Hall–Kier alpha value is -2.97. The zero-order chi connectivity index (χ0) is 17.0. The molecule has 23 heavy (non-hydrogen) atoms. The third-order valence-corrected chi connectivity index (χ3v) is 3.74. The van der Waals surface area contributed by atoms with E-state index < -0.39 is 10.1 Å². The monoisotopic (exact) mass is 336 g/mol. The van der Waals surface area contributed by atoms with Crippen LogP contribution in [0.2, 0.25) is 0 Å². The molecule has 11 heteroatoms. The quantitative estimate of drug-likeness (QED) is 0.529. The summed E-state index contributed by atoms with van der Waals surface area (Å²) in [5.41, 5.74) is 1.11. The molecule has 0 aliphatic rings. The van der Waals surface area contributed by atoms with E-state index >= 15 is 0 Å². The lowest BCUT2D eigenvalue weighted by Gasteiger charge is -2.12. The van der Waals surface area contributed by atoms with Gasteiger partial charge >= 0.3 is 0 Å². The number of anilines is 1. The highest BCUT2D eigenvalue weighted by Crippen LogP contribution is 2.30. The summed E-state index contributed by atoms with van der Waals surface area (Å²) in [6.45, 7) is 1.63. The Morgan fingerprint density at radius 1 is 1.52 bits per heavy atom. The van der Waals surface area contributed by atoms with Crippen molar-refractivity contribution in [2.24, 2.45) is 0 Å². The van der Waals surface area contributed by atoms with E-state index in [4.69, 9.17) is 10.00 Å². The van der Waals surface area contributed by atoms with Crippen LogP contribution >= 0.6 is 0 Å². The summed E-state index contributed by atoms with van der Waals surface area (Å²) < 4.78 is 36.8. The Labute approximate surface area is 131 Å². The number of H-pyrrole nitrogens is 1. The Kier molecular flexibility index (Phi) is 4.58. The zero-order valence-corrected chi connectivity index (χ0v) is 12.9. The van der Waals surface area contributed by atoms with Gasteiger partial charge in [-0.05, 0) is 23.8 Å². The number of nitriles is 1. The van der Waals surface area contributed by atoms with Crippen molar-refractivity contribution in [3.8, 4) is 11.8 Å². The lowest BCUT2D eigenvalue weighted by molar-refractivity contribution is 0.397. The molecule has 1 aromatic heterocycles. The maximum atomic E-state index is 11.3. The number of aromatic nitrogens is 4. The van der Waals surface area contributed by atoms with Crippen LogP contribution in [0, 0.1) is 18.3 Å². The molecule has 0 aliphatic carbocycles. The molecule has 0 atom stereocenters. The summed E-state index contributed by atoms with van der Waals surface area (Å²) in [5, 5.41) is 24.9. The molecule has 1 heterocycles. The van der Waals surface area contributed by atoms with Crippen molar-refractivity contribution in [3.63, 3.8) is 0 Å². The normalized spacial score (nSPS) is 11.8.